The average Bonchev–Trinajstić information content (AvgIpc) is 2.93. The predicted molar refractivity (Wildman–Crippen MR) is 93.4 cm³/mol. The van der Waals surface area contributed by atoms with Crippen molar-refractivity contribution >= 4 is 17.4 Å². The van der Waals surface area contributed by atoms with E-state index in [2.05, 4.69) is 5.10 Å². The minimum atomic E-state index is 0.0485. The number of hydrogen-bond acceptors (Lipinski definition) is 2. The fourth-order valence-electron chi connectivity index (χ4n) is 2.63. The summed E-state index contributed by atoms with van der Waals surface area (Å²) in [5.41, 5.74) is 4.25. The van der Waals surface area contributed by atoms with E-state index in [1.54, 1.807) is 0 Å². The molecule has 0 aliphatic carbocycles. The Labute approximate surface area is 140 Å². The Bertz CT molecular complexity index is 836. The molecule has 3 rings (SSSR count). The second-order valence-corrected chi connectivity index (χ2v) is 5.79. The Morgan fingerprint density at radius 2 is 1.74 bits per heavy atom. The number of ketones is 1. The zero-order valence-electron chi connectivity index (χ0n) is 13.1. The Kier molecular flexibility index (Phi) is 4.30. The van der Waals surface area contributed by atoms with Crippen LogP contribution in [-0.2, 0) is 0 Å². The normalized spacial score (nSPS) is 10.7. The minimum Gasteiger partial charge on any atom is -0.292 e. The van der Waals surface area contributed by atoms with Gasteiger partial charge in [-0.2, -0.15) is 5.10 Å². The summed E-state index contributed by atoms with van der Waals surface area (Å²) in [7, 11) is 0. The molecule has 0 aliphatic rings. The molecule has 0 fully saturated rings. The van der Waals surface area contributed by atoms with Crippen LogP contribution in [0.25, 0.3) is 16.9 Å². The molecule has 0 spiro atoms. The number of hydrogen-bond donors (Lipinski definition) is 0. The second-order valence-electron chi connectivity index (χ2n) is 5.35. The molecule has 1 heterocycles. The first-order chi connectivity index (χ1) is 11.1. The zero-order valence-corrected chi connectivity index (χ0v) is 13.8. The number of rotatable bonds is 4. The molecule has 0 bridgehead atoms. The van der Waals surface area contributed by atoms with Gasteiger partial charge in [0.1, 0.15) is 5.69 Å². The molecule has 0 aliphatic heterocycles. The Balaban J connectivity index is 2.25. The highest BCUT2D eigenvalue weighted by Crippen LogP contribution is 2.30. The smallest absolute Gasteiger partial charge is 0.183 e. The summed E-state index contributed by atoms with van der Waals surface area (Å²) in [6.45, 7) is 3.80. The molecule has 3 aromatic rings. The topological polar surface area (TPSA) is 34.9 Å². The lowest BCUT2D eigenvalue weighted by atomic mass is 10.0. The summed E-state index contributed by atoms with van der Waals surface area (Å²) in [4.78, 5) is 12.2. The second kappa shape index (κ2) is 6.39. The SMILES string of the molecule is CCC(=O)c1nn(-c2ccccc2)c(-c2ccc(Cl)cc2)c1C. The third-order valence-electron chi connectivity index (χ3n) is 3.83. The molecule has 0 unspecified atom stereocenters. The number of Topliss-reactive ketones (excluding diaryl/α,β-unsaturated/α-hetero) is 1. The summed E-state index contributed by atoms with van der Waals surface area (Å²) in [5.74, 6) is 0.0485. The van der Waals surface area contributed by atoms with Crippen LogP contribution in [0.3, 0.4) is 0 Å². The minimum absolute atomic E-state index is 0.0485. The van der Waals surface area contributed by atoms with Gasteiger partial charge in [-0.1, -0.05) is 48.9 Å². The van der Waals surface area contributed by atoms with Crippen LogP contribution in [0.5, 0.6) is 0 Å². The molecule has 1 aromatic heterocycles. The number of aromatic nitrogens is 2. The van der Waals surface area contributed by atoms with Crippen molar-refractivity contribution in [2.45, 2.75) is 20.3 Å². The van der Waals surface area contributed by atoms with Gasteiger partial charge in [-0.3, -0.25) is 4.79 Å². The first kappa shape index (κ1) is 15.5. The maximum atomic E-state index is 12.2. The van der Waals surface area contributed by atoms with E-state index in [0.29, 0.717) is 17.1 Å². The van der Waals surface area contributed by atoms with Gasteiger partial charge >= 0.3 is 0 Å². The summed E-state index contributed by atoms with van der Waals surface area (Å²) in [6, 6.07) is 17.4. The van der Waals surface area contributed by atoms with Crippen LogP contribution in [0.15, 0.2) is 54.6 Å². The number of carbonyl (C=O) groups is 1. The van der Waals surface area contributed by atoms with Crippen LogP contribution >= 0.6 is 11.6 Å². The molecule has 2 aromatic carbocycles. The van der Waals surface area contributed by atoms with Gasteiger partial charge in [0.15, 0.2) is 5.78 Å². The molecule has 0 radical (unpaired) electrons. The predicted octanol–water partition coefficient (Wildman–Crippen LogP) is 5.09. The van der Waals surface area contributed by atoms with Gasteiger partial charge < -0.3 is 0 Å². The van der Waals surface area contributed by atoms with Gasteiger partial charge in [-0.15, -0.1) is 0 Å². The fraction of sp³-hybridized carbons (Fsp3) is 0.158. The third-order valence-corrected chi connectivity index (χ3v) is 4.08. The number of nitrogens with zero attached hydrogens (tertiary/aromatic N) is 2. The van der Waals surface area contributed by atoms with Gasteiger partial charge in [0.25, 0.3) is 0 Å². The van der Waals surface area contributed by atoms with Gasteiger partial charge in [-0.25, -0.2) is 4.68 Å². The van der Waals surface area contributed by atoms with Crippen LogP contribution in [0, 0.1) is 6.92 Å². The van der Waals surface area contributed by atoms with Crippen LogP contribution in [0.1, 0.15) is 29.4 Å². The van der Waals surface area contributed by atoms with E-state index in [4.69, 9.17) is 11.6 Å². The highest BCUT2D eigenvalue weighted by molar-refractivity contribution is 6.30. The molecule has 0 atom stereocenters. The van der Waals surface area contributed by atoms with Crippen molar-refractivity contribution in [2.75, 3.05) is 0 Å². The molecule has 0 amide bonds. The molecule has 0 saturated carbocycles. The number of benzene rings is 2. The average molecular weight is 325 g/mol. The number of para-hydroxylation sites is 1. The van der Waals surface area contributed by atoms with Crippen LogP contribution in [-0.4, -0.2) is 15.6 Å². The third kappa shape index (κ3) is 2.92. The molecule has 4 heteroatoms. The van der Waals surface area contributed by atoms with Crippen molar-refractivity contribution in [3.8, 4) is 16.9 Å². The van der Waals surface area contributed by atoms with Gasteiger partial charge in [-0.05, 0) is 31.2 Å². The monoisotopic (exact) mass is 324 g/mol. The number of halogens is 1. The van der Waals surface area contributed by atoms with Crippen molar-refractivity contribution in [3.05, 3.63) is 70.9 Å². The summed E-state index contributed by atoms with van der Waals surface area (Å²) >= 11 is 6.00. The molecule has 23 heavy (non-hydrogen) atoms. The van der Waals surface area contributed by atoms with E-state index in [0.717, 1.165) is 22.5 Å². The molecule has 0 saturated heterocycles. The summed E-state index contributed by atoms with van der Waals surface area (Å²) in [5, 5.41) is 5.27. The van der Waals surface area contributed by atoms with Crippen molar-refractivity contribution in [3.63, 3.8) is 0 Å². The maximum absolute atomic E-state index is 12.2. The van der Waals surface area contributed by atoms with Crippen LogP contribution in [0.2, 0.25) is 5.02 Å². The van der Waals surface area contributed by atoms with E-state index < -0.39 is 0 Å². The first-order valence-corrected chi connectivity index (χ1v) is 7.93. The molecule has 116 valence electrons. The lowest BCUT2D eigenvalue weighted by molar-refractivity contribution is 0.0982. The largest absolute Gasteiger partial charge is 0.292 e. The summed E-state index contributed by atoms with van der Waals surface area (Å²) < 4.78 is 1.83. The van der Waals surface area contributed by atoms with E-state index in [-0.39, 0.29) is 5.78 Å². The van der Waals surface area contributed by atoms with Gasteiger partial charge in [0.2, 0.25) is 0 Å². The zero-order chi connectivity index (χ0) is 16.4. The molecule has 0 N–H and O–H groups in total. The number of carbonyl (C=O) groups excluding carboxylic acids is 1. The van der Waals surface area contributed by atoms with Crippen molar-refractivity contribution in [1.29, 1.82) is 0 Å². The highest BCUT2D eigenvalue weighted by Gasteiger charge is 2.20. The van der Waals surface area contributed by atoms with E-state index in [1.165, 1.54) is 0 Å². The van der Waals surface area contributed by atoms with Crippen LogP contribution in [0.4, 0.5) is 0 Å². The van der Waals surface area contributed by atoms with E-state index >= 15 is 0 Å². The van der Waals surface area contributed by atoms with Gasteiger partial charge in [0, 0.05) is 22.6 Å². The molecular weight excluding hydrogens is 308 g/mol. The van der Waals surface area contributed by atoms with E-state index in [9.17, 15) is 4.79 Å². The lowest BCUT2D eigenvalue weighted by Gasteiger charge is -2.08. The van der Waals surface area contributed by atoms with Crippen molar-refractivity contribution < 1.29 is 4.79 Å². The Morgan fingerprint density at radius 3 is 2.35 bits per heavy atom. The Morgan fingerprint density at radius 1 is 1.09 bits per heavy atom. The van der Waals surface area contributed by atoms with Crippen molar-refractivity contribution in [2.24, 2.45) is 0 Å². The fourth-order valence-corrected chi connectivity index (χ4v) is 2.76. The van der Waals surface area contributed by atoms with E-state index in [1.807, 2.05) is 73.1 Å². The van der Waals surface area contributed by atoms with Crippen LogP contribution < -0.4 is 0 Å². The van der Waals surface area contributed by atoms with Crippen molar-refractivity contribution in [1.82, 2.24) is 9.78 Å². The maximum Gasteiger partial charge on any atom is 0.183 e. The molecular formula is C19H17ClN2O. The molecule has 3 nitrogen and oxygen atoms in total. The first-order valence-electron chi connectivity index (χ1n) is 7.56. The summed E-state index contributed by atoms with van der Waals surface area (Å²) in [6.07, 6.45) is 0.437. The quantitative estimate of drug-likeness (QED) is 0.626. The van der Waals surface area contributed by atoms with Gasteiger partial charge in [0.05, 0.1) is 11.4 Å². The standard InChI is InChI=1S/C19H17ClN2O/c1-3-17(23)18-13(2)19(14-9-11-15(20)12-10-14)22(21-18)16-7-5-4-6-8-16/h4-12H,3H2,1-2H3. The Hall–Kier alpha value is -2.39. The highest BCUT2D eigenvalue weighted by atomic mass is 35.5. The lowest BCUT2D eigenvalue weighted by Crippen LogP contribution is -2.02.